The molecule has 1 aliphatic rings. The third kappa shape index (κ3) is 3.03. The van der Waals surface area contributed by atoms with Crippen LogP contribution in [-0.2, 0) is 9.84 Å². The molecule has 2 heterocycles. The Labute approximate surface area is 135 Å². The Morgan fingerprint density at radius 1 is 1.30 bits per heavy atom. The Bertz CT molecular complexity index is 824. The quantitative estimate of drug-likeness (QED) is 0.804. The fourth-order valence-corrected chi connectivity index (χ4v) is 3.98. The van der Waals surface area contributed by atoms with E-state index < -0.39 is 9.84 Å². The number of carbonyl (C=O) groups excluding carboxylic acids is 1. The average Bonchev–Trinajstić information content (AvgIpc) is 3.16. The van der Waals surface area contributed by atoms with Crippen LogP contribution in [0.5, 0.6) is 0 Å². The summed E-state index contributed by atoms with van der Waals surface area (Å²) in [6, 6.07) is 8.50. The molecule has 0 radical (unpaired) electrons. The van der Waals surface area contributed by atoms with Gasteiger partial charge in [0.05, 0.1) is 22.9 Å². The van der Waals surface area contributed by atoms with Gasteiger partial charge in [0, 0.05) is 18.4 Å². The molecule has 0 amide bonds. The molecule has 5 nitrogen and oxygen atoms in total. The van der Waals surface area contributed by atoms with Crippen LogP contribution in [0.3, 0.4) is 0 Å². The first-order chi connectivity index (χ1) is 10.9. The number of nitrogens with zero attached hydrogens (tertiary/aromatic N) is 1. The van der Waals surface area contributed by atoms with Crippen molar-refractivity contribution < 1.29 is 17.6 Å². The lowest BCUT2D eigenvalue weighted by Crippen LogP contribution is -2.24. The van der Waals surface area contributed by atoms with E-state index in [1.807, 2.05) is 17.0 Å². The highest BCUT2D eigenvalue weighted by molar-refractivity contribution is 7.90. The van der Waals surface area contributed by atoms with Gasteiger partial charge < -0.3 is 9.32 Å². The molecule has 0 unspecified atom stereocenters. The maximum atomic E-state index is 12.1. The molecule has 0 spiro atoms. The van der Waals surface area contributed by atoms with Gasteiger partial charge in [0.1, 0.15) is 5.76 Å². The average molecular weight is 333 g/mol. The van der Waals surface area contributed by atoms with Crippen LogP contribution in [0.25, 0.3) is 0 Å². The van der Waals surface area contributed by atoms with Crippen LogP contribution in [0.4, 0.5) is 5.69 Å². The van der Waals surface area contributed by atoms with E-state index >= 15 is 0 Å². The molecule has 1 aromatic heterocycles. The second-order valence-electron chi connectivity index (χ2n) is 5.88. The lowest BCUT2D eigenvalue weighted by atomic mass is 10.1. The molecule has 6 heteroatoms. The van der Waals surface area contributed by atoms with E-state index in [1.165, 1.54) is 19.2 Å². The molecule has 0 N–H and O–H groups in total. The number of sulfone groups is 1. The van der Waals surface area contributed by atoms with Gasteiger partial charge in [-0.15, -0.1) is 0 Å². The van der Waals surface area contributed by atoms with Crippen molar-refractivity contribution in [3.63, 3.8) is 0 Å². The fraction of sp³-hybridized carbons (Fsp3) is 0.353. The maximum absolute atomic E-state index is 12.1. The normalized spacial score (nSPS) is 18.3. The molecule has 23 heavy (non-hydrogen) atoms. The highest BCUT2D eigenvalue weighted by Gasteiger charge is 2.31. The zero-order valence-electron chi connectivity index (χ0n) is 13.2. The molecule has 1 aliphatic heterocycles. The van der Waals surface area contributed by atoms with Crippen molar-refractivity contribution in [1.82, 2.24) is 0 Å². The molecule has 1 saturated heterocycles. The van der Waals surface area contributed by atoms with Gasteiger partial charge in [0.15, 0.2) is 15.6 Å². The van der Waals surface area contributed by atoms with Gasteiger partial charge in [-0.3, -0.25) is 4.79 Å². The summed E-state index contributed by atoms with van der Waals surface area (Å²) in [5.74, 6) is 0.732. The van der Waals surface area contributed by atoms with Crippen LogP contribution < -0.4 is 4.90 Å². The van der Waals surface area contributed by atoms with Crippen molar-refractivity contribution in [3.05, 3.63) is 47.9 Å². The van der Waals surface area contributed by atoms with Gasteiger partial charge in [-0.05, 0) is 50.1 Å². The van der Waals surface area contributed by atoms with Gasteiger partial charge in [-0.1, -0.05) is 0 Å². The summed E-state index contributed by atoms with van der Waals surface area (Å²) in [5.41, 5.74) is 1.09. The van der Waals surface area contributed by atoms with Gasteiger partial charge >= 0.3 is 0 Å². The number of rotatable bonds is 4. The van der Waals surface area contributed by atoms with E-state index in [9.17, 15) is 13.2 Å². The number of furan rings is 1. The topological polar surface area (TPSA) is 67.6 Å². The monoisotopic (exact) mass is 333 g/mol. The van der Waals surface area contributed by atoms with Crippen molar-refractivity contribution in [3.8, 4) is 0 Å². The fourth-order valence-electron chi connectivity index (χ4n) is 3.11. The van der Waals surface area contributed by atoms with Crippen LogP contribution in [-0.4, -0.2) is 27.0 Å². The minimum atomic E-state index is -3.39. The number of benzene rings is 1. The Morgan fingerprint density at radius 2 is 2.09 bits per heavy atom. The summed E-state index contributed by atoms with van der Waals surface area (Å²) in [7, 11) is -3.39. The van der Waals surface area contributed by atoms with Crippen LogP contribution in [0, 0.1) is 0 Å². The minimum Gasteiger partial charge on any atom is -0.467 e. The van der Waals surface area contributed by atoms with E-state index in [0.29, 0.717) is 11.3 Å². The number of hydrogen-bond donors (Lipinski definition) is 0. The highest BCUT2D eigenvalue weighted by atomic mass is 32.2. The van der Waals surface area contributed by atoms with Gasteiger partial charge in [0.25, 0.3) is 0 Å². The van der Waals surface area contributed by atoms with Gasteiger partial charge in [0.2, 0.25) is 0 Å². The number of carbonyl (C=O) groups is 1. The molecule has 0 bridgehead atoms. The molecule has 1 atom stereocenters. The van der Waals surface area contributed by atoms with Crippen molar-refractivity contribution in [2.75, 3.05) is 17.7 Å². The molecule has 0 aliphatic carbocycles. The summed E-state index contributed by atoms with van der Waals surface area (Å²) in [6.07, 6.45) is 4.65. The Morgan fingerprint density at radius 3 is 2.70 bits per heavy atom. The molecular formula is C17H19NO4S. The zero-order chi connectivity index (χ0) is 16.6. The molecular weight excluding hydrogens is 314 g/mol. The van der Waals surface area contributed by atoms with Gasteiger partial charge in [-0.25, -0.2) is 8.42 Å². The van der Waals surface area contributed by atoms with Crippen LogP contribution in [0.2, 0.25) is 0 Å². The summed E-state index contributed by atoms with van der Waals surface area (Å²) in [4.78, 5) is 14.0. The first-order valence-electron chi connectivity index (χ1n) is 7.53. The Hall–Kier alpha value is -2.08. The second kappa shape index (κ2) is 5.85. The zero-order valence-corrected chi connectivity index (χ0v) is 14.0. The van der Waals surface area contributed by atoms with Crippen LogP contribution in [0.1, 0.15) is 41.9 Å². The molecule has 2 aromatic rings. The summed E-state index contributed by atoms with van der Waals surface area (Å²) in [6.45, 7) is 2.21. The predicted molar refractivity (Wildman–Crippen MR) is 87.6 cm³/mol. The maximum Gasteiger partial charge on any atom is 0.177 e. The third-order valence-corrected chi connectivity index (χ3v) is 5.34. The van der Waals surface area contributed by atoms with Crippen LogP contribution in [0.15, 0.2) is 45.9 Å². The summed E-state index contributed by atoms with van der Waals surface area (Å²) in [5, 5.41) is 0. The third-order valence-electron chi connectivity index (χ3n) is 4.20. The summed E-state index contributed by atoms with van der Waals surface area (Å²) >= 11 is 0. The molecule has 0 saturated carbocycles. The van der Waals surface area contributed by atoms with E-state index in [4.69, 9.17) is 4.42 Å². The lowest BCUT2D eigenvalue weighted by Gasteiger charge is -2.27. The van der Waals surface area contributed by atoms with Gasteiger partial charge in [-0.2, -0.15) is 0 Å². The molecule has 1 aromatic carbocycles. The number of hydrogen-bond acceptors (Lipinski definition) is 5. The van der Waals surface area contributed by atoms with E-state index in [2.05, 4.69) is 0 Å². The highest BCUT2D eigenvalue weighted by Crippen LogP contribution is 2.39. The number of ketones is 1. The number of Topliss-reactive ketones (excluding diaryl/α,β-unsaturated/α-hetero) is 1. The first-order valence-corrected chi connectivity index (χ1v) is 9.42. The van der Waals surface area contributed by atoms with E-state index in [1.54, 1.807) is 18.4 Å². The van der Waals surface area contributed by atoms with Crippen molar-refractivity contribution >= 4 is 21.3 Å². The first kappa shape index (κ1) is 15.8. The smallest absolute Gasteiger partial charge is 0.177 e. The molecule has 1 fully saturated rings. The van der Waals surface area contributed by atoms with Crippen LogP contribution >= 0.6 is 0 Å². The predicted octanol–water partition coefficient (Wildman–Crippen LogP) is 3.23. The Balaban J connectivity index is 2.13. The standard InChI is InChI=1S/C17H19NO4S/c1-12(19)13-7-8-17(23(2,20)21)15(11-13)18-9-3-5-14(18)16-6-4-10-22-16/h4,6-8,10-11,14H,3,5,9H2,1-2H3/t14-/m0/s1. The van der Waals surface area contributed by atoms with Crippen molar-refractivity contribution in [2.45, 2.75) is 30.7 Å². The van der Waals surface area contributed by atoms with E-state index in [0.717, 1.165) is 25.1 Å². The van der Waals surface area contributed by atoms with Crippen molar-refractivity contribution in [1.29, 1.82) is 0 Å². The SMILES string of the molecule is CC(=O)c1ccc(S(C)(=O)=O)c(N2CCC[C@H]2c2ccco2)c1. The minimum absolute atomic E-state index is 0.00675. The molecule has 122 valence electrons. The van der Waals surface area contributed by atoms with Crippen molar-refractivity contribution in [2.24, 2.45) is 0 Å². The largest absolute Gasteiger partial charge is 0.467 e. The Kier molecular flexibility index (Phi) is 4.02. The van der Waals surface area contributed by atoms with E-state index in [-0.39, 0.29) is 16.7 Å². The molecule has 3 rings (SSSR count). The summed E-state index contributed by atoms with van der Waals surface area (Å²) < 4.78 is 29.8. The lowest BCUT2D eigenvalue weighted by molar-refractivity contribution is 0.101. The number of anilines is 1. The second-order valence-corrected chi connectivity index (χ2v) is 7.86.